The van der Waals surface area contributed by atoms with Gasteiger partial charge < -0.3 is 9.84 Å². The van der Waals surface area contributed by atoms with Crippen LogP contribution in [0.1, 0.15) is 19.8 Å². The quantitative estimate of drug-likeness (QED) is 0.557. The molecule has 5 nitrogen and oxygen atoms in total. The van der Waals surface area contributed by atoms with Crippen molar-refractivity contribution in [2.45, 2.75) is 25.0 Å². The molecule has 14 heavy (non-hydrogen) atoms. The minimum absolute atomic E-state index is 0.354. The predicted molar refractivity (Wildman–Crippen MR) is 54.6 cm³/mol. The zero-order valence-electron chi connectivity index (χ0n) is 8.69. The Labute approximate surface area is 85.5 Å². The van der Waals surface area contributed by atoms with E-state index in [1.165, 1.54) is 6.92 Å². The number of unbranched alkanes of at least 4 members (excludes halogenated alkanes) is 1. The molecule has 0 aromatic carbocycles. The second kappa shape index (κ2) is 7.17. The predicted octanol–water partition coefficient (Wildman–Crippen LogP) is -0.287. The normalized spacial score (nSPS) is 14.2. The summed E-state index contributed by atoms with van der Waals surface area (Å²) in [7, 11) is -1.73. The summed E-state index contributed by atoms with van der Waals surface area (Å²) in [6.45, 7) is 2.15. The molecule has 0 saturated carbocycles. The molecule has 0 saturated heterocycles. The molecular weight excluding hydrogens is 206 g/mol. The first kappa shape index (κ1) is 13.8. The summed E-state index contributed by atoms with van der Waals surface area (Å²) >= 11 is 0. The lowest BCUT2D eigenvalue weighted by Crippen LogP contribution is -2.35. The molecule has 0 spiro atoms. The molecule has 0 aliphatic heterocycles. The third-order valence-electron chi connectivity index (χ3n) is 1.87. The molecule has 0 radical (unpaired) electrons. The maximum Gasteiger partial charge on any atom is 0.216 e. The first-order valence-electron chi connectivity index (χ1n) is 4.63. The van der Waals surface area contributed by atoms with Crippen LogP contribution in [0.15, 0.2) is 0 Å². The van der Waals surface area contributed by atoms with Gasteiger partial charge in [-0.1, -0.05) is 0 Å². The molecule has 0 aliphatic carbocycles. The molecule has 6 heteroatoms. The number of aliphatic hydroxyl groups excluding tert-OH is 1. The topological polar surface area (TPSA) is 75.6 Å². The highest BCUT2D eigenvalue weighted by molar-refractivity contribution is 7.90. The lowest BCUT2D eigenvalue weighted by Gasteiger charge is -2.10. The van der Waals surface area contributed by atoms with Gasteiger partial charge in [0.05, 0.1) is 11.9 Å². The molecule has 0 aromatic heterocycles. The number of sulfonamides is 1. The molecule has 0 amide bonds. The van der Waals surface area contributed by atoms with E-state index in [2.05, 4.69) is 4.72 Å². The fourth-order valence-electron chi connectivity index (χ4n) is 0.826. The third kappa shape index (κ3) is 5.54. The van der Waals surface area contributed by atoms with Crippen molar-refractivity contribution in [2.75, 3.05) is 26.9 Å². The maximum atomic E-state index is 11.3. The Bertz CT molecular complexity index is 227. The molecule has 0 aromatic rings. The number of nitrogens with one attached hydrogen (secondary N) is 1. The van der Waals surface area contributed by atoms with E-state index in [0.717, 1.165) is 12.8 Å². The van der Waals surface area contributed by atoms with Crippen LogP contribution in [0.5, 0.6) is 0 Å². The van der Waals surface area contributed by atoms with Crippen molar-refractivity contribution in [1.82, 2.24) is 4.72 Å². The number of aliphatic hydroxyl groups is 1. The van der Waals surface area contributed by atoms with E-state index in [1.807, 2.05) is 0 Å². The Morgan fingerprint density at radius 1 is 1.43 bits per heavy atom. The lowest BCUT2D eigenvalue weighted by atomic mass is 10.3. The molecule has 2 N–H and O–H groups in total. The van der Waals surface area contributed by atoms with Gasteiger partial charge in [-0.2, -0.15) is 0 Å². The van der Waals surface area contributed by atoms with Gasteiger partial charge in [0.2, 0.25) is 10.0 Å². The summed E-state index contributed by atoms with van der Waals surface area (Å²) in [6, 6.07) is 0. The second-order valence-corrected chi connectivity index (χ2v) is 5.32. The van der Waals surface area contributed by atoms with E-state index in [-0.39, 0.29) is 6.61 Å². The third-order valence-corrected chi connectivity index (χ3v) is 3.68. The minimum atomic E-state index is -3.34. The van der Waals surface area contributed by atoms with Crippen molar-refractivity contribution in [2.24, 2.45) is 0 Å². The monoisotopic (exact) mass is 225 g/mol. The molecule has 0 bridgehead atoms. The van der Waals surface area contributed by atoms with Gasteiger partial charge in [0, 0.05) is 20.3 Å². The van der Waals surface area contributed by atoms with Crippen molar-refractivity contribution in [1.29, 1.82) is 0 Å². The van der Waals surface area contributed by atoms with E-state index < -0.39 is 15.3 Å². The molecule has 0 heterocycles. The molecule has 0 rings (SSSR count). The highest BCUT2D eigenvalue weighted by Crippen LogP contribution is 1.97. The first-order chi connectivity index (χ1) is 6.54. The Balaban J connectivity index is 3.67. The van der Waals surface area contributed by atoms with Gasteiger partial charge in [-0.3, -0.25) is 0 Å². The summed E-state index contributed by atoms with van der Waals surface area (Å²) in [5, 5.41) is 7.93. The highest BCUT2D eigenvalue weighted by Gasteiger charge is 2.18. The van der Waals surface area contributed by atoms with Gasteiger partial charge >= 0.3 is 0 Å². The lowest BCUT2D eigenvalue weighted by molar-refractivity contribution is 0.193. The number of methoxy groups -OCH3 is 1. The second-order valence-electron chi connectivity index (χ2n) is 3.13. The smallest absolute Gasteiger partial charge is 0.216 e. The van der Waals surface area contributed by atoms with Crippen LogP contribution in [0.25, 0.3) is 0 Å². The van der Waals surface area contributed by atoms with Crippen LogP contribution >= 0.6 is 0 Å². The van der Waals surface area contributed by atoms with Crippen molar-refractivity contribution in [3.63, 3.8) is 0 Å². The van der Waals surface area contributed by atoms with Gasteiger partial charge in [-0.15, -0.1) is 0 Å². The summed E-state index contributed by atoms with van der Waals surface area (Å²) in [5.74, 6) is 0. The summed E-state index contributed by atoms with van der Waals surface area (Å²) in [4.78, 5) is 0. The Kier molecular flexibility index (Phi) is 7.08. The summed E-state index contributed by atoms with van der Waals surface area (Å²) < 4.78 is 29.8. The average molecular weight is 225 g/mol. The number of hydrogen-bond donors (Lipinski definition) is 2. The Hall–Kier alpha value is -0.170. The number of rotatable bonds is 8. The fourth-order valence-corrected chi connectivity index (χ4v) is 1.74. The van der Waals surface area contributed by atoms with Crippen molar-refractivity contribution in [3.8, 4) is 0 Å². The molecule has 86 valence electrons. The van der Waals surface area contributed by atoms with Crippen LogP contribution < -0.4 is 4.72 Å². The SMILES string of the molecule is COCCCCNS(=O)(=O)C(C)CO. The zero-order valence-corrected chi connectivity index (χ0v) is 9.51. The minimum Gasteiger partial charge on any atom is -0.395 e. The van der Waals surface area contributed by atoms with Gasteiger partial charge in [0.15, 0.2) is 0 Å². The standard InChI is InChI=1S/C8H19NO4S/c1-8(7-10)14(11,12)9-5-3-4-6-13-2/h8-10H,3-7H2,1-2H3. The summed E-state index contributed by atoms with van der Waals surface area (Å²) in [6.07, 6.45) is 1.57. The van der Waals surface area contributed by atoms with E-state index in [9.17, 15) is 8.42 Å². The van der Waals surface area contributed by atoms with E-state index in [0.29, 0.717) is 13.2 Å². The largest absolute Gasteiger partial charge is 0.395 e. The molecular formula is C8H19NO4S. The van der Waals surface area contributed by atoms with Crippen LogP contribution in [-0.2, 0) is 14.8 Å². The Morgan fingerprint density at radius 3 is 2.57 bits per heavy atom. The average Bonchev–Trinajstić information content (AvgIpc) is 2.16. The highest BCUT2D eigenvalue weighted by atomic mass is 32.2. The maximum absolute atomic E-state index is 11.3. The van der Waals surface area contributed by atoms with Gasteiger partial charge in [-0.25, -0.2) is 13.1 Å². The molecule has 1 atom stereocenters. The zero-order chi connectivity index (χ0) is 11.0. The van der Waals surface area contributed by atoms with Gasteiger partial charge in [-0.05, 0) is 19.8 Å². The van der Waals surface area contributed by atoms with Gasteiger partial charge in [0.1, 0.15) is 0 Å². The van der Waals surface area contributed by atoms with E-state index in [4.69, 9.17) is 9.84 Å². The fraction of sp³-hybridized carbons (Fsp3) is 1.00. The van der Waals surface area contributed by atoms with Crippen LogP contribution in [0, 0.1) is 0 Å². The van der Waals surface area contributed by atoms with Gasteiger partial charge in [0.25, 0.3) is 0 Å². The molecule has 0 fully saturated rings. The van der Waals surface area contributed by atoms with Crippen molar-refractivity contribution >= 4 is 10.0 Å². The summed E-state index contributed by atoms with van der Waals surface area (Å²) in [5.41, 5.74) is 0. The van der Waals surface area contributed by atoms with Crippen molar-refractivity contribution in [3.05, 3.63) is 0 Å². The molecule has 0 aliphatic rings. The number of hydrogen-bond acceptors (Lipinski definition) is 4. The van der Waals surface area contributed by atoms with Crippen molar-refractivity contribution < 1.29 is 18.3 Å². The van der Waals surface area contributed by atoms with Crippen LogP contribution in [0.3, 0.4) is 0 Å². The Morgan fingerprint density at radius 2 is 2.07 bits per heavy atom. The van der Waals surface area contributed by atoms with Crippen LogP contribution in [0.4, 0.5) is 0 Å². The van der Waals surface area contributed by atoms with E-state index >= 15 is 0 Å². The number of ether oxygens (including phenoxy) is 1. The molecule has 1 unspecified atom stereocenters. The van der Waals surface area contributed by atoms with Crippen LogP contribution in [-0.4, -0.2) is 45.6 Å². The van der Waals surface area contributed by atoms with Crippen LogP contribution in [0.2, 0.25) is 0 Å². The van der Waals surface area contributed by atoms with E-state index in [1.54, 1.807) is 7.11 Å². The first-order valence-corrected chi connectivity index (χ1v) is 6.17.